The van der Waals surface area contributed by atoms with Gasteiger partial charge in [0, 0.05) is 12.0 Å². The van der Waals surface area contributed by atoms with Crippen LogP contribution in [0.15, 0.2) is 48.5 Å². The molecule has 0 spiro atoms. The quantitative estimate of drug-likeness (QED) is 0.865. The van der Waals surface area contributed by atoms with Crippen LogP contribution >= 0.6 is 0 Å². The van der Waals surface area contributed by atoms with Crippen molar-refractivity contribution in [3.8, 4) is 17.6 Å². The number of halogens is 1. The minimum Gasteiger partial charge on any atom is -0.489 e. The van der Waals surface area contributed by atoms with Crippen LogP contribution in [0.1, 0.15) is 17.5 Å². The van der Waals surface area contributed by atoms with E-state index in [2.05, 4.69) is 11.8 Å². The second-order valence-corrected chi connectivity index (χ2v) is 4.22. The van der Waals surface area contributed by atoms with E-state index in [0.29, 0.717) is 18.8 Å². The van der Waals surface area contributed by atoms with Gasteiger partial charge in [-0.2, -0.15) is 0 Å². The number of ether oxygens (including phenoxy) is 1. The zero-order valence-electron chi connectivity index (χ0n) is 11.0. The van der Waals surface area contributed by atoms with Crippen molar-refractivity contribution in [1.82, 2.24) is 0 Å². The molecule has 0 aliphatic heterocycles. The molecule has 0 saturated heterocycles. The highest BCUT2D eigenvalue weighted by molar-refractivity contribution is 5.37. The lowest BCUT2D eigenvalue weighted by molar-refractivity contribution is 0.305. The highest BCUT2D eigenvalue weighted by Crippen LogP contribution is 2.14. The fourth-order valence-corrected chi connectivity index (χ4v) is 1.66. The molecule has 0 unspecified atom stereocenters. The molecule has 102 valence electrons. The topological polar surface area (TPSA) is 29.5 Å². The zero-order valence-corrected chi connectivity index (χ0v) is 11.0. The summed E-state index contributed by atoms with van der Waals surface area (Å²) in [6.07, 6.45) is 0.469. The minimum atomic E-state index is -0.279. The van der Waals surface area contributed by atoms with Crippen molar-refractivity contribution in [1.29, 1.82) is 0 Å². The lowest BCUT2D eigenvalue weighted by Gasteiger charge is -2.06. The molecule has 0 saturated carbocycles. The van der Waals surface area contributed by atoms with E-state index in [1.807, 2.05) is 24.3 Å². The van der Waals surface area contributed by atoms with Gasteiger partial charge in [-0.15, -0.1) is 0 Å². The van der Waals surface area contributed by atoms with Crippen molar-refractivity contribution < 1.29 is 14.2 Å². The standard InChI is InChI=1S/C17H15FO2/c18-16-7-9-17(10-8-16)20-13-15-6-3-5-14(12-15)4-1-2-11-19/h3,5-10,12,19H,2,11,13H2. The molecular weight excluding hydrogens is 255 g/mol. The molecule has 0 aromatic heterocycles. The number of hydrogen-bond acceptors (Lipinski definition) is 2. The molecule has 0 bridgehead atoms. The van der Waals surface area contributed by atoms with Gasteiger partial charge >= 0.3 is 0 Å². The Kier molecular flexibility index (Phi) is 5.16. The third-order valence-corrected chi connectivity index (χ3v) is 2.62. The van der Waals surface area contributed by atoms with Crippen molar-refractivity contribution in [3.05, 3.63) is 65.5 Å². The summed E-state index contributed by atoms with van der Waals surface area (Å²) in [7, 11) is 0. The average molecular weight is 270 g/mol. The van der Waals surface area contributed by atoms with E-state index in [0.717, 1.165) is 11.1 Å². The van der Waals surface area contributed by atoms with E-state index in [1.54, 1.807) is 12.1 Å². The molecule has 2 aromatic rings. The second-order valence-electron chi connectivity index (χ2n) is 4.22. The number of aliphatic hydroxyl groups is 1. The molecular formula is C17H15FO2. The Morgan fingerprint density at radius 3 is 2.65 bits per heavy atom. The van der Waals surface area contributed by atoms with Gasteiger partial charge < -0.3 is 9.84 Å². The van der Waals surface area contributed by atoms with Gasteiger partial charge in [0.15, 0.2) is 0 Å². The van der Waals surface area contributed by atoms with Crippen LogP contribution in [0.5, 0.6) is 5.75 Å². The van der Waals surface area contributed by atoms with E-state index in [-0.39, 0.29) is 12.4 Å². The highest BCUT2D eigenvalue weighted by Gasteiger charge is 1.97. The maximum absolute atomic E-state index is 12.8. The summed E-state index contributed by atoms with van der Waals surface area (Å²) in [5.74, 6) is 6.20. The molecule has 1 N–H and O–H groups in total. The van der Waals surface area contributed by atoms with Gasteiger partial charge in [0.25, 0.3) is 0 Å². The molecule has 0 fully saturated rings. The van der Waals surface area contributed by atoms with Crippen LogP contribution in [0.4, 0.5) is 4.39 Å². The van der Waals surface area contributed by atoms with Crippen LogP contribution in [0.25, 0.3) is 0 Å². The maximum atomic E-state index is 12.8. The average Bonchev–Trinajstić information content (AvgIpc) is 2.47. The summed E-state index contributed by atoms with van der Waals surface area (Å²) in [6.45, 7) is 0.474. The Balaban J connectivity index is 1.98. The van der Waals surface area contributed by atoms with Crippen molar-refractivity contribution >= 4 is 0 Å². The first kappa shape index (κ1) is 14.1. The minimum absolute atomic E-state index is 0.0698. The van der Waals surface area contributed by atoms with Gasteiger partial charge in [-0.1, -0.05) is 24.0 Å². The predicted molar refractivity (Wildman–Crippen MR) is 75.8 cm³/mol. The van der Waals surface area contributed by atoms with Crippen LogP contribution < -0.4 is 4.74 Å². The van der Waals surface area contributed by atoms with E-state index in [9.17, 15) is 4.39 Å². The van der Waals surface area contributed by atoms with Gasteiger partial charge in [0.1, 0.15) is 18.2 Å². The number of rotatable bonds is 4. The summed E-state index contributed by atoms with van der Waals surface area (Å²) in [4.78, 5) is 0. The molecule has 0 heterocycles. The number of aliphatic hydroxyl groups excluding tert-OH is 1. The monoisotopic (exact) mass is 270 g/mol. The Morgan fingerprint density at radius 2 is 1.90 bits per heavy atom. The summed E-state index contributed by atoms with van der Waals surface area (Å²) >= 11 is 0. The summed E-state index contributed by atoms with van der Waals surface area (Å²) in [6, 6.07) is 13.6. The van der Waals surface area contributed by atoms with Gasteiger partial charge in [0.2, 0.25) is 0 Å². The summed E-state index contributed by atoms with van der Waals surface area (Å²) < 4.78 is 18.3. The van der Waals surface area contributed by atoms with Gasteiger partial charge in [-0.3, -0.25) is 0 Å². The van der Waals surface area contributed by atoms with Crippen LogP contribution in [-0.2, 0) is 6.61 Å². The molecule has 20 heavy (non-hydrogen) atoms. The Bertz CT molecular complexity index is 609. The molecule has 0 aliphatic rings. The molecule has 2 aromatic carbocycles. The number of hydrogen-bond donors (Lipinski definition) is 1. The van der Waals surface area contributed by atoms with Crippen molar-refractivity contribution in [2.45, 2.75) is 13.0 Å². The summed E-state index contributed by atoms with van der Waals surface area (Å²) in [5.41, 5.74) is 1.88. The Morgan fingerprint density at radius 1 is 1.10 bits per heavy atom. The Hall–Kier alpha value is -2.31. The lowest BCUT2D eigenvalue weighted by Crippen LogP contribution is -1.95. The zero-order chi connectivity index (χ0) is 14.2. The molecule has 0 amide bonds. The first-order valence-electron chi connectivity index (χ1n) is 6.35. The van der Waals surface area contributed by atoms with E-state index < -0.39 is 0 Å². The Labute approximate surface area is 117 Å². The lowest BCUT2D eigenvalue weighted by atomic mass is 10.1. The molecule has 0 atom stereocenters. The maximum Gasteiger partial charge on any atom is 0.123 e. The third-order valence-electron chi connectivity index (χ3n) is 2.62. The van der Waals surface area contributed by atoms with Gasteiger partial charge in [-0.25, -0.2) is 4.39 Å². The van der Waals surface area contributed by atoms with Crippen molar-refractivity contribution in [2.24, 2.45) is 0 Å². The summed E-state index contributed by atoms with van der Waals surface area (Å²) in [5, 5.41) is 8.68. The van der Waals surface area contributed by atoms with Crippen molar-refractivity contribution in [3.63, 3.8) is 0 Å². The SMILES string of the molecule is OCCC#Cc1cccc(COc2ccc(F)cc2)c1. The van der Waals surface area contributed by atoms with E-state index >= 15 is 0 Å². The smallest absolute Gasteiger partial charge is 0.123 e. The first-order chi connectivity index (χ1) is 9.78. The van der Waals surface area contributed by atoms with Gasteiger partial charge in [0.05, 0.1) is 6.61 Å². The molecule has 3 heteroatoms. The molecule has 0 aliphatic carbocycles. The fourth-order valence-electron chi connectivity index (χ4n) is 1.66. The predicted octanol–water partition coefficient (Wildman–Crippen LogP) is 3.14. The number of benzene rings is 2. The van der Waals surface area contributed by atoms with Gasteiger partial charge in [-0.05, 0) is 42.0 Å². The van der Waals surface area contributed by atoms with Crippen LogP contribution in [0.3, 0.4) is 0 Å². The first-order valence-corrected chi connectivity index (χ1v) is 6.35. The second kappa shape index (κ2) is 7.32. The van der Waals surface area contributed by atoms with Crippen LogP contribution in [0.2, 0.25) is 0 Å². The molecule has 2 nitrogen and oxygen atoms in total. The van der Waals surface area contributed by atoms with E-state index in [4.69, 9.17) is 9.84 Å². The third kappa shape index (κ3) is 4.42. The van der Waals surface area contributed by atoms with Crippen molar-refractivity contribution in [2.75, 3.05) is 6.61 Å². The van der Waals surface area contributed by atoms with Crippen LogP contribution in [0, 0.1) is 17.7 Å². The van der Waals surface area contributed by atoms with Crippen LogP contribution in [-0.4, -0.2) is 11.7 Å². The fraction of sp³-hybridized carbons (Fsp3) is 0.176. The van der Waals surface area contributed by atoms with E-state index in [1.165, 1.54) is 12.1 Å². The normalized spacial score (nSPS) is 9.70. The molecule has 0 radical (unpaired) electrons. The largest absolute Gasteiger partial charge is 0.489 e. The molecule has 2 rings (SSSR count). The highest BCUT2D eigenvalue weighted by atomic mass is 19.1.